The molecule has 1 amide bonds. The van der Waals surface area contributed by atoms with Crippen LogP contribution >= 0.6 is 0 Å². The van der Waals surface area contributed by atoms with Crippen LogP contribution in [0.25, 0.3) is 11.1 Å². The molecule has 1 N–H and O–H groups in total. The number of aromatic nitrogens is 2. The van der Waals surface area contributed by atoms with Crippen molar-refractivity contribution < 1.29 is 4.79 Å². The van der Waals surface area contributed by atoms with Gasteiger partial charge in [-0.1, -0.05) is 42.5 Å². The van der Waals surface area contributed by atoms with Crippen LogP contribution in [0.2, 0.25) is 0 Å². The van der Waals surface area contributed by atoms with E-state index < -0.39 is 0 Å². The maximum absolute atomic E-state index is 12.2. The highest BCUT2D eigenvalue weighted by molar-refractivity contribution is 6.03. The monoisotopic (exact) mass is 289 g/mol. The van der Waals surface area contributed by atoms with E-state index in [0.717, 1.165) is 22.4 Å². The molecule has 108 valence electrons. The van der Waals surface area contributed by atoms with Gasteiger partial charge in [-0.25, -0.2) is 9.97 Å². The number of carbonyl (C=O) groups is 1. The Balaban J connectivity index is 1.91. The zero-order valence-corrected chi connectivity index (χ0v) is 12.2. The summed E-state index contributed by atoms with van der Waals surface area (Å²) in [5.41, 5.74) is 4.37. The van der Waals surface area contributed by atoms with Crippen molar-refractivity contribution in [2.75, 3.05) is 5.32 Å². The predicted octanol–water partition coefficient (Wildman–Crippen LogP) is 3.70. The van der Waals surface area contributed by atoms with Crippen LogP contribution in [-0.2, 0) is 0 Å². The Labute approximate surface area is 128 Å². The summed E-state index contributed by atoms with van der Waals surface area (Å²) >= 11 is 0. The molecule has 0 aliphatic rings. The second-order valence-corrected chi connectivity index (χ2v) is 4.89. The third-order valence-corrected chi connectivity index (χ3v) is 3.48. The number of hydrogen-bond donors (Lipinski definition) is 1. The summed E-state index contributed by atoms with van der Waals surface area (Å²) in [6.07, 6.45) is 2.91. The van der Waals surface area contributed by atoms with Gasteiger partial charge in [0, 0.05) is 11.9 Å². The molecule has 4 nitrogen and oxygen atoms in total. The van der Waals surface area contributed by atoms with Crippen LogP contribution in [0.4, 0.5) is 5.69 Å². The quantitative estimate of drug-likeness (QED) is 0.799. The van der Waals surface area contributed by atoms with Crippen LogP contribution in [-0.4, -0.2) is 15.9 Å². The van der Waals surface area contributed by atoms with Gasteiger partial charge in [-0.2, -0.15) is 0 Å². The molecule has 22 heavy (non-hydrogen) atoms. The number of nitrogens with one attached hydrogen (secondary N) is 1. The molecule has 0 saturated heterocycles. The molecule has 0 bridgehead atoms. The second kappa shape index (κ2) is 6.18. The number of nitrogens with zero attached hydrogens (tertiary/aromatic N) is 2. The molecule has 0 saturated carbocycles. The number of anilines is 1. The van der Waals surface area contributed by atoms with Crippen molar-refractivity contribution in [3.63, 3.8) is 0 Å². The van der Waals surface area contributed by atoms with E-state index in [2.05, 4.69) is 27.4 Å². The lowest BCUT2D eigenvalue weighted by molar-refractivity contribution is 0.102. The highest BCUT2D eigenvalue weighted by Gasteiger charge is 2.11. The standard InChI is InChI=1S/C18H15N3O/c1-13-15(14-6-3-2-4-7-14)8-5-9-16(13)21-18(22)17-10-11-19-12-20-17/h2-12H,1H3,(H,21,22). The maximum Gasteiger partial charge on any atom is 0.274 e. The number of rotatable bonds is 3. The first kappa shape index (κ1) is 13.9. The average Bonchev–Trinajstić information content (AvgIpc) is 2.58. The van der Waals surface area contributed by atoms with E-state index in [0.29, 0.717) is 5.69 Å². The van der Waals surface area contributed by atoms with Gasteiger partial charge in [0.2, 0.25) is 0 Å². The number of amides is 1. The summed E-state index contributed by atoms with van der Waals surface area (Å²) in [5.74, 6) is -0.240. The minimum atomic E-state index is -0.240. The number of hydrogen-bond acceptors (Lipinski definition) is 3. The van der Waals surface area contributed by atoms with E-state index in [1.165, 1.54) is 6.33 Å². The normalized spacial score (nSPS) is 10.2. The van der Waals surface area contributed by atoms with Crippen LogP contribution in [0, 0.1) is 6.92 Å². The molecule has 1 heterocycles. The SMILES string of the molecule is Cc1c(NC(=O)c2ccncn2)cccc1-c1ccccc1. The Hall–Kier alpha value is -3.01. The van der Waals surface area contributed by atoms with Crippen LogP contribution in [0.15, 0.2) is 67.1 Å². The van der Waals surface area contributed by atoms with E-state index in [1.54, 1.807) is 12.3 Å². The van der Waals surface area contributed by atoms with E-state index in [9.17, 15) is 4.79 Å². The second-order valence-electron chi connectivity index (χ2n) is 4.89. The van der Waals surface area contributed by atoms with Crippen molar-refractivity contribution in [1.29, 1.82) is 0 Å². The Morgan fingerprint density at radius 3 is 2.55 bits per heavy atom. The van der Waals surface area contributed by atoms with Gasteiger partial charge in [0.25, 0.3) is 5.91 Å². The molecule has 0 atom stereocenters. The van der Waals surface area contributed by atoms with E-state index in [-0.39, 0.29) is 5.91 Å². The Kier molecular flexibility index (Phi) is 3.92. The Morgan fingerprint density at radius 2 is 1.82 bits per heavy atom. The van der Waals surface area contributed by atoms with Gasteiger partial charge in [-0.15, -0.1) is 0 Å². The molecule has 1 aromatic heterocycles. The molecular weight excluding hydrogens is 274 g/mol. The minimum absolute atomic E-state index is 0.240. The topological polar surface area (TPSA) is 54.9 Å². The van der Waals surface area contributed by atoms with Crippen LogP contribution in [0.1, 0.15) is 16.1 Å². The van der Waals surface area contributed by atoms with Gasteiger partial charge in [-0.05, 0) is 35.7 Å². The summed E-state index contributed by atoms with van der Waals surface area (Å²) in [4.78, 5) is 20.0. The third-order valence-electron chi connectivity index (χ3n) is 3.48. The van der Waals surface area contributed by atoms with E-state index in [1.807, 2.05) is 43.3 Å². The molecule has 2 aromatic carbocycles. The zero-order valence-electron chi connectivity index (χ0n) is 12.2. The fourth-order valence-corrected chi connectivity index (χ4v) is 2.31. The van der Waals surface area contributed by atoms with Crippen molar-refractivity contribution >= 4 is 11.6 Å². The molecule has 0 aliphatic carbocycles. The largest absolute Gasteiger partial charge is 0.320 e. The molecular formula is C18H15N3O. The van der Waals surface area contributed by atoms with Crippen LogP contribution in [0.3, 0.4) is 0 Å². The van der Waals surface area contributed by atoms with E-state index >= 15 is 0 Å². The average molecular weight is 289 g/mol. The van der Waals surface area contributed by atoms with Crippen molar-refractivity contribution in [3.05, 3.63) is 78.4 Å². The highest BCUT2D eigenvalue weighted by Crippen LogP contribution is 2.28. The van der Waals surface area contributed by atoms with Crippen molar-refractivity contribution in [3.8, 4) is 11.1 Å². The van der Waals surface area contributed by atoms with Gasteiger partial charge in [0.1, 0.15) is 12.0 Å². The lowest BCUT2D eigenvalue weighted by Crippen LogP contribution is -2.14. The first-order valence-electron chi connectivity index (χ1n) is 6.98. The Morgan fingerprint density at radius 1 is 1.00 bits per heavy atom. The smallest absolute Gasteiger partial charge is 0.274 e. The summed E-state index contributed by atoms with van der Waals surface area (Å²) in [7, 11) is 0. The Bertz CT molecular complexity index is 786. The maximum atomic E-state index is 12.2. The van der Waals surface area contributed by atoms with Gasteiger partial charge < -0.3 is 5.32 Å². The van der Waals surface area contributed by atoms with Gasteiger partial charge in [0.15, 0.2) is 0 Å². The van der Waals surface area contributed by atoms with E-state index in [4.69, 9.17) is 0 Å². The molecule has 3 aromatic rings. The summed E-state index contributed by atoms with van der Waals surface area (Å²) < 4.78 is 0. The van der Waals surface area contributed by atoms with Crippen LogP contribution in [0.5, 0.6) is 0 Å². The van der Waals surface area contributed by atoms with Crippen molar-refractivity contribution in [1.82, 2.24) is 9.97 Å². The first-order chi connectivity index (χ1) is 10.8. The van der Waals surface area contributed by atoms with Crippen LogP contribution < -0.4 is 5.32 Å². The lowest BCUT2D eigenvalue weighted by atomic mass is 9.99. The number of benzene rings is 2. The molecule has 3 rings (SSSR count). The third kappa shape index (κ3) is 2.86. The number of carbonyl (C=O) groups excluding carboxylic acids is 1. The molecule has 4 heteroatoms. The molecule has 0 fully saturated rings. The molecule has 0 aliphatic heterocycles. The zero-order chi connectivity index (χ0) is 15.4. The predicted molar refractivity (Wildman–Crippen MR) is 86.6 cm³/mol. The lowest BCUT2D eigenvalue weighted by Gasteiger charge is -2.12. The summed E-state index contributed by atoms with van der Waals surface area (Å²) in [6.45, 7) is 2.00. The highest BCUT2D eigenvalue weighted by atomic mass is 16.1. The minimum Gasteiger partial charge on any atom is -0.320 e. The van der Waals surface area contributed by atoms with Gasteiger partial charge >= 0.3 is 0 Å². The molecule has 0 spiro atoms. The first-order valence-corrected chi connectivity index (χ1v) is 6.98. The summed E-state index contributed by atoms with van der Waals surface area (Å²) in [6, 6.07) is 17.6. The summed E-state index contributed by atoms with van der Waals surface area (Å²) in [5, 5.41) is 2.91. The van der Waals surface area contributed by atoms with Crippen molar-refractivity contribution in [2.24, 2.45) is 0 Å². The molecule has 0 unspecified atom stereocenters. The van der Waals surface area contributed by atoms with Crippen molar-refractivity contribution in [2.45, 2.75) is 6.92 Å². The fourth-order valence-electron chi connectivity index (χ4n) is 2.31. The molecule has 0 radical (unpaired) electrons. The fraction of sp³-hybridized carbons (Fsp3) is 0.0556. The van der Waals surface area contributed by atoms with Gasteiger partial charge in [-0.3, -0.25) is 4.79 Å². The van der Waals surface area contributed by atoms with Gasteiger partial charge in [0.05, 0.1) is 0 Å².